The van der Waals surface area contributed by atoms with Gasteiger partial charge in [0.25, 0.3) is 0 Å². The van der Waals surface area contributed by atoms with Crippen LogP contribution in [0.15, 0.2) is 53.3 Å². The first-order valence-electron chi connectivity index (χ1n) is 12.7. The Labute approximate surface area is 214 Å². The standard InChI is InChI=1S/C27H34FN5O4/c1-18(2)32-23-5-3-4-6-24(23)33(27(32)37)25(34)29-17-19-11-14-31(15-12-19)16-13-22(30-26(35)36)20-7-9-21(28)10-8-20/h3-10,18-19,22,30H,11-17H2,1-2H3,(H,29,34)(H,35,36). The van der Waals surface area contributed by atoms with Gasteiger partial charge in [0.15, 0.2) is 0 Å². The van der Waals surface area contributed by atoms with Crippen LogP contribution in [0.1, 0.15) is 50.8 Å². The van der Waals surface area contributed by atoms with E-state index in [2.05, 4.69) is 15.5 Å². The molecule has 10 heteroatoms. The molecule has 2 amide bonds. The lowest BCUT2D eigenvalue weighted by Crippen LogP contribution is -2.42. The fraction of sp³-hybridized carbons (Fsp3) is 0.444. The maximum atomic E-state index is 13.3. The normalized spacial score (nSPS) is 15.7. The smallest absolute Gasteiger partial charge is 0.405 e. The van der Waals surface area contributed by atoms with Crippen molar-refractivity contribution >= 4 is 23.2 Å². The number of nitrogens with zero attached hydrogens (tertiary/aromatic N) is 3. The Bertz CT molecular complexity index is 1290. The van der Waals surface area contributed by atoms with Gasteiger partial charge in [-0.1, -0.05) is 24.3 Å². The zero-order valence-corrected chi connectivity index (χ0v) is 21.2. The number of fused-ring (bicyclic) bond motifs is 1. The number of rotatable bonds is 8. The molecule has 0 spiro atoms. The highest BCUT2D eigenvalue weighted by molar-refractivity contribution is 5.89. The van der Waals surface area contributed by atoms with Gasteiger partial charge in [-0.3, -0.25) is 4.57 Å². The highest BCUT2D eigenvalue weighted by Crippen LogP contribution is 2.22. The Hall–Kier alpha value is -3.66. The number of carboxylic acid groups (broad SMARTS) is 1. The fourth-order valence-corrected chi connectivity index (χ4v) is 5.07. The number of likely N-dealkylation sites (tertiary alicyclic amines) is 1. The number of hydrogen-bond acceptors (Lipinski definition) is 4. The molecule has 198 valence electrons. The SMILES string of the molecule is CC(C)n1c(=O)n(C(=O)NCC2CCN(CCC(NC(=O)O)c3ccc(F)cc3)CC2)c2ccccc21. The van der Waals surface area contributed by atoms with Crippen molar-refractivity contribution in [2.24, 2.45) is 5.92 Å². The zero-order valence-electron chi connectivity index (χ0n) is 21.2. The summed E-state index contributed by atoms with van der Waals surface area (Å²) in [7, 11) is 0. The summed E-state index contributed by atoms with van der Waals surface area (Å²) in [6.45, 7) is 6.68. The predicted octanol–water partition coefficient (Wildman–Crippen LogP) is 4.19. The van der Waals surface area contributed by atoms with Crippen LogP contribution in [-0.4, -0.2) is 57.4 Å². The average molecular weight is 512 g/mol. The van der Waals surface area contributed by atoms with Crippen LogP contribution in [0.5, 0.6) is 0 Å². The number of benzene rings is 2. The van der Waals surface area contributed by atoms with E-state index in [4.69, 9.17) is 0 Å². The predicted molar refractivity (Wildman–Crippen MR) is 139 cm³/mol. The summed E-state index contributed by atoms with van der Waals surface area (Å²) < 4.78 is 16.1. The van der Waals surface area contributed by atoms with E-state index < -0.39 is 18.2 Å². The molecule has 0 saturated carbocycles. The third kappa shape index (κ3) is 6.19. The fourth-order valence-electron chi connectivity index (χ4n) is 5.07. The van der Waals surface area contributed by atoms with Crippen LogP contribution in [-0.2, 0) is 0 Å². The number of carbonyl (C=O) groups excluding carboxylic acids is 1. The molecule has 0 aliphatic carbocycles. The summed E-state index contributed by atoms with van der Waals surface area (Å²) in [5.41, 5.74) is 1.73. The Morgan fingerprint density at radius 2 is 1.70 bits per heavy atom. The first-order valence-corrected chi connectivity index (χ1v) is 12.7. The van der Waals surface area contributed by atoms with E-state index in [9.17, 15) is 23.9 Å². The van der Waals surface area contributed by atoms with Crippen molar-refractivity contribution in [3.63, 3.8) is 0 Å². The molecule has 2 aromatic carbocycles. The van der Waals surface area contributed by atoms with Crippen LogP contribution in [0.2, 0.25) is 0 Å². The van der Waals surface area contributed by atoms with Crippen LogP contribution in [0, 0.1) is 11.7 Å². The van der Waals surface area contributed by atoms with Crippen molar-refractivity contribution < 1.29 is 19.1 Å². The van der Waals surface area contributed by atoms with E-state index in [1.807, 2.05) is 32.0 Å². The molecule has 1 atom stereocenters. The lowest BCUT2D eigenvalue weighted by Gasteiger charge is -2.33. The van der Waals surface area contributed by atoms with Gasteiger partial charge in [-0.05, 0) is 81.9 Å². The Balaban J connectivity index is 1.30. The van der Waals surface area contributed by atoms with Crippen molar-refractivity contribution in [3.8, 4) is 0 Å². The first-order chi connectivity index (χ1) is 17.7. The summed E-state index contributed by atoms with van der Waals surface area (Å²) in [5, 5.41) is 14.7. The summed E-state index contributed by atoms with van der Waals surface area (Å²) in [6.07, 6.45) is 1.23. The van der Waals surface area contributed by atoms with Crippen LogP contribution in [0.4, 0.5) is 14.0 Å². The van der Waals surface area contributed by atoms with Crippen LogP contribution < -0.4 is 16.3 Å². The lowest BCUT2D eigenvalue weighted by molar-refractivity contribution is 0.168. The molecule has 1 saturated heterocycles. The minimum absolute atomic E-state index is 0.0656. The average Bonchev–Trinajstić information content (AvgIpc) is 3.18. The molecule has 0 bridgehead atoms. The van der Waals surface area contributed by atoms with Gasteiger partial charge in [0.05, 0.1) is 17.1 Å². The Morgan fingerprint density at radius 1 is 1.05 bits per heavy atom. The molecule has 3 N–H and O–H groups in total. The van der Waals surface area contributed by atoms with Crippen molar-refractivity contribution in [3.05, 3.63) is 70.4 Å². The van der Waals surface area contributed by atoms with Crippen LogP contribution in [0.3, 0.4) is 0 Å². The van der Waals surface area contributed by atoms with Gasteiger partial charge >= 0.3 is 17.8 Å². The van der Waals surface area contributed by atoms with Gasteiger partial charge in [0, 0.05) is 19.1 Å². The van der Waals surface area contributed by atoms with Gasteiger partial charge in [-0.2, -0.15) is 0 Å². The highest BCUT2D eigenvalue weighted by Gasteiger charge is 2.24. The van der Waals surface area contributed by atoms with Gasteiger partial charge in [-0.25, -0.2) is 23.3 Å². The molecule has 3 aromatic rings. The van der Waals surface area contributed by atoms with Gasteiger partial charge < -0.3 is 20.6 Å². The van der Waals surface area contributed by atoms with Crippen molar-refractivity contribution in [1.29, 1.82) is 0 Å². The molecule has 4 rings (SSSR count). The highest BCUT2D eigenvalue weighted by atomic mass is 19.1. The summed E-state index contributed by atoms with van der Waals surface area (Å²) >= 11 is 0. The second kappa shape index (κ2) is 11.6. The molecule has 9 nitrogen and oxygen atoms in total. The molecule has 0 radical (unpaired) electrons. The van der Waals surface area contributed by atoms with E-state index in [-0.39, 0.29) is 17.5 Å². The number of carbonyl (C=O) groups is 2. The van der Waals surface area contributed by atoms with E-state index in [0.717, 1.165) is 37.0 Å². The summed E-state index contributed by atoms with van der Waals surface area (Å²) in [4.78, 5) is 39.5. The van der Waals surface area contributed by atoms with E-state index >= 15 is 0 Å². The maximum absolute atomic E-state index is 13.3. The van der Waals surface area contributed by atoms with E-state index in [1.165, 1.54) is 16.7 Å². The number of amides is 2. The number of hydrogen-bond donors (Lipinski definition) is 3. The first kappa shape index (κ1) is 26.4. The molecular weight excluding hydrogens is 477 g/mol. The molecule has 1 aliphatic rings. The number of nitrogens with one attached hydrogen (secondary N) is 2. The Kier molecular flexibility index (Phi) is 8.27. The molecule has 1 aliphatic heterocycles. The molecule has 37 heavy (non-hydrogen) atoms. The van der Waals surface area contributed by atoms with Crippen molar-refractivity contribution in [2.75, 3.05) is 26.2 Å². The second-order valence-electron chi connectivity index (χ2n) is 9.88. The summed E-state index contributed by atoms with van der Waals surface area (Å²) in [5.74, 6) is -0.0677. The topological polar surface area (TPSA) is 109 Å². The molecular formula is C27H34FN5O4. The number of halogens is 1. The quantitative estimate of drug-likeness (QED) is 0.420. The second-order valence-corrected chi connectivity index (χ2v) is 9.88. The zero-order chi connectivity index (χ0) is 26.5. The largest absolute Gasteiger partial charge is 0.465 e. The number of imidazole rings is 1. The van der Waals surface area contributed by atoms with Gasteiger partial charge in [-0.15, -0.1) is 0 Å². The molecule has 1 aromatic heterocycles. The summed E-state index contributed by atoms with van der Waals surface area (Å²) in [6, 6.07) is 12.3. The van der Waals surface area contributed by atoms with Crippen LogP contribution >= 0.6 is 0 Å². The minimum Gasteiger partial charge on any atom is -0.465 e. The monoisotopic (exact) mass is 511 g/mol. The van der Waals surface area contributed by atoms with Crippen molar-refractivity contribution in [1.82, 2.24) is 24.7 Å². The van der Waals surface area contributed by atoms with E-state index in [0.29, 0.717) is 30.9 Å². The number of piperidine rings is 1. The third-order valence-electron chi connectivity index (χ3n) is 7.05. The molecule has 1 unspecified atom stereocenters. The van der Waals surface area contributed by atoms with Gasteiger partial charge in [0.2, 0.25) is 0 Å². The maximum Gasteiger partial charge on any atom is 0.405 e. The Morgan fingerprint density at radius 3 is 2.32 bits per heavy atom. The minimum atomic E-state index is -1.11. The van der Waals surface area contributed by atoms with E-state index in [1.54, 1.807) is 22.8 Å². The molecule has 2 heterocycles. The number of para-hydroxylation sites is 2. The lowest BCUT2D eigenvalue weighted by atomic mass is 9.96. The van der Waals surface area contributed by atoms with Crippen molar-refractivity contribution in [2.45, 2.75) is 45.2 Å². The van der Waals surface area contributed by atoms with Crippen LogP contribution in [0.25, 0.3) is 11.0 Å². The molecule has 1 fully saturated rings. The number of aromatic nitrogens is 2. The van der Waals surface area contributed by atoms with Gasteiger partial charge in [0.1, 0.15) is 5.82 Å². The third-order valence-corrected chi connectivity index (χ3v) is 7.05.